The number of nitrogens with zero attached hydrogens (tertiary/aromatic N) is 1. The van der Waals surface area contributed by atoms with Crippen molar-refractivity contribution in [1.82, 2.24) is 10.2 Å². The maximum Gasteiger partial charge on any atom is 0.223 e. The maximum absolute atomic E-state index is 12.6. The molecule has 1 aromatic rings. The molecule has 6 atom stereocenters. The van der Waals surface area contributed by atoms with Gasteiger partial charge in [-0.15, -0.1) is 0 Å². The molecule has 1 aliphatic heterocycles. The first kappa shape index (κ1) is 21.2. The highest BCUT2D eigenvalue weighted by Gasteiger charge is 2.66. The van der Waals surface area contributed by atoms with Gasteiger partial charge in [0, 0.05) is 30.3 Å². The molecule has 4 aliphatic rings. The summed E-state index contributed by atoms with van der Waals surface area (Å²) in [6.45, 7) is 5.79. The van der Waals surface area contributed by atoms with E-state index in [1.165, 1.54) is 18.4 Å². The zero-order chi connectivity index (χ0) is 22.0. The van der Waals surface area contributed by atoms with E-state index in [9.17, 15) is 20.1 Å². The van der Waals surface area contributed by atoms with Gasteiger partial charge >= 0.3 is 0 Å². The summed E-state index contributed by atoms with van der Waals surface area (Å²) in [5.41, 5.74) is 0.513. The molecule has 1 aromatic carbocycles. The van der Waals surface area contributed by atoms with Gasteiger partial charge in [-0.05, 0) is 74.2 Å². The van der Waals surface area contributed by atoms with Crippen LogP contribution in [0.4, 0.5) is 0 Å². The van der Waals surface area contributed by atoms with Crippen molar-refractivity contribution in [1.29, 1.82) is 0 Å². The summed E-state index contributed by atoms with van der Waals surface area (Å²) in [7, 11) is 0. The smallest absolute Gasteiger partial charge is 0.223 e. The summed E-state index contributed by atoms with van der Waals surface area (Å²) < 4.78 is 0. The van der Waals surface area contributed by atoms with Gasteiger partial charge in [-0.2, -0.15) is 0 Å². The third-order valence-electron chi connectivity index (χ3n) is 8.80. The molecule has 1 amide bonds. The lowest BCUT2D eigenvalue weighted by atomic mass is 9.48. The molecular weight excluding hydrogens is 392 g/mol. The van der Waals surface area contributed by atoms with E-state index in [1.54, 1.807) is 12.1 Å². The molecule has 6 nitrogen and oxygen atoms in total. The van der Waals surface area contributed by atoms with E-state index in [4.69, 9.17) is 0 Å². The lowest BCUT2D eigenvalue weighted by molar-refractivity contribution is -0.190. The van der Waals surface area contributed by atoms with Gasteiger partial charge in [0.15, 0.2) is 0 Å². The van der Waals surface area contributed by atoms with Crippen LogP contribution in [0.3, 0.4) is 0 Å². The Morgan fingerprint density at radius 3 is 2.81 bits per heavy atom. The van der Waals surface area contributed by atoms with Crippen LogP contribution in [-0.2, 0) is 16.6 Å². The lowest BCUT2D eigenvalue weighted by Crippen LogP contribution is -2.76. The van der Waals surface area contributed by atoms with Gasteiger partial charge in [0.25, 0.3) is 0 Å². The highest BCUT2D eigenvalue weighted by atomic mass is 16.3. The Hall–Kier alpha value is -1.63. The minimum absolute atomic E-state index is 0.0330. The van der Waals surface area contributed by atoms with Crippen LogP contribution in [0, 0.1) is 11.8 Å². The molecule has 31 heavy (non-hydrogen) atoms. The topological polar surface area (TPSA) is 93.0 Å². The Kier molecular flexibility index (Phi) is 5.11. The molecular formula is C25H36N2O4. The van der Waals surface area contributed by atoms with E-state index in [-0.39, 0.29) is 23.6 Å². The SMILES string of the molecule is CCC(C)C(=O)N[C@H]1C[C@@]2(O)[C@H]3Cc4ccc(O)cc4[C@]2(CCN3CC2CC2)C[C@H]1O. The molecule has 5 rings (SSSR count). The average Bonchev–Trinajstić information content (AvgIpc) is 3.55. The van der Waals surface area contributed by atoms with Crippen LogP contribution < -0.4 is 5.32 Å². The maximum atomic E-state index is 12.6. The molecule has 0 aromatic heterocycles. The Bertz CT molecular complexity index is 871. The number of fused-ring (bicyclic) bond motifs is 1. The van der Waals surface area contributed by atoms with E-state index in [1.807, 2.05) is 19.9 Å². The molecule has 1 heterocycles. The van der Waals surface area contributed by atoms with Gasteiger partial charge in [0.1, 0.15) is 5.75 Å². The van der Waals surface area contributed by atoms with Gasteiger partial charge in [0.05, 0.1) is 17.7 Å². The number of hydrogen-bond acceptors (Lipinski definition) is 5. The van der Waals surface area contributed by atoms with Crippen LogP contribution >= 0.6 is 0 Å². The first-order valence-electron chi connectivity index (χ1n) is 12.0. The average molecular weight is 429 g/mol. The zero-order valence-electron chi connectivity index (χ0n) is 18.7. The van der Waals surface area contributed by atoms with Gasteiger partial charge in [-0.1, -0.05) is 19.9 Å². The molecule has 2 bridgehead atoms. The number of benzene rings is 1. The monoisotopic (exact) mass is 428 g/mol. The third kappa shape index (κ3) is 3.30. The largest absolute Gasteiger partial charge is 0.508 e. The second-order valence-corrected chi connectivity index (χ2v) is 10.7. The molecule has 2 saturated carbocycles. The van der Waals surface area contributed by atoms with Crippen molar-refractivity contribution in [2.24, 2.45) is 11.8 Å². The molecule has 3 aliphatic carbocycles. The fraction of sp³-hybridized carbons (Fsp3) is 0.720. The number of aliphatic hydroxyl groups is 2. The number of carbonyl (C=O) groups excluding carboxylic acids is 1. The van der Waals surface area contributed by atoms with Crippen molar-refractivity contribution in [3.8, 4) is 5.75 Å². The van der Waals surface area contributed by atoms with Crippen LogP contribution in [-0.4, -0.2) is 63.0 Å². The number of likely N-dealkylation sites (tertiary alicyclic amines) is 1. The minimum atomic E-state index is -1.05. The molecule has 1 saturated heterocycles. The lowest BCUT2D eigenvalue weighted by Gasteiger charge is -2.65. The standard InChI is InChI=1S/C25H36N2O4/c1-3-15(2)23(30)26-20-12-25(31)22-10-17-6-7-18(28)11-19(17)24(25,13-21(20)29)8-9-27(22)14-16-4-5-16/h6-7,11,15-16,20-22,28-29,31H,3-5,8-10,12-14H2,1-2H3,(H,26,30)/t15?,20-,21+,22+,24-,25+/m0/s1. The van der Waals surface area contributed by atoms with E-state index in [0.717, 1.165) is 43.8 Å². The van der Waals surface area contributed by atoms with E-state index in [0.29, 0.717) is 12.8 Å². The van der Waals surface area contributed by atoms with Crippen LogP contribution in [0.15, 0.2) is 18.2 Å². The number of nitrogens with one attached hydrogen (secondary N) is 1. The molecule has 1 unspecified atom stereocenters. The predicted molar refractivity (Wildman–Crippen MR) is 118 cm³/mol. The molecule has 170 valence electrons. The minimum Gasteiger partial charge on any atom is -0.508 e. The first-order valence-corrected chi connectivity index (χ1v) is 12.0. The number of hydrogen-bond donors (Lipinski definition) is 4. The summed E-state index contributed by atoms with van der Waals surface area (Å²) in [6, 6.07) is 5.03. The summed E-state index contributed by atoms with van der Waals surface area (Å²) in [5, 5.41) is 36.9. The van der Waals surface area contributed by atoms with Crippen molar-refractivity contribution in [2.45, 2.75) is 88.0 Å². The molecule has 6 heteroatoms. The number of rotatable bonds is 5. The third-order valence-corrected chi connectivity index (χ3v) is 8.80. The second kappa shape index (κ2) is 7.46. The van der Waals surface area contributed by atoms with Crippen molar-refractivity contribution >= 4 is 5.91 Å². The number of phenols is 1. The Morgan fingerprint density at radius 2 is 2.10 bits per heavy atom. The number of amides is 1. The van der Waals surface area contributed by atoms with E-state index < -0.39 is 23.2 Å². The van der Waals surface area contributed by atoms with E-state index >= 15 is 0 Å². The fourth-order valence-electron chi connectivity index (χ4n) is 6.59. The van der Waals surface area contributed by atoms with Crippen LogP contribution in [0.25, 0.3) is 0 Å². The van der Waals surface area contributed by atoms with Crippen molar-refractivity contribution in [3.05, 3.63) is 29.3 Å². The van der Waals surface area contributed by atoms with Crippen LogP contribution in [0.5, 0.6) is 5.75 Å². The van der Waals surface area contributed by atoms with Crippen molar-refractivity contribution in [3.63, 3.8) is 0 Å². The summed E-state index contributed by atoms with van der Waals surface area (Å²) in [6.07, 6.45) is 4.79. The first-order chi connectivity index (χ1) is 14.8. The zero-order valence-corrected chi connectivity index (χ0v) is 18.7. The highest BCUT2D eigenvalue weighted by Crippen LogP contribution is 2.58. The Labute approximate surface area is 184 Å². The molecule has 4 N–H and O–H groups in total. The second-order valence-electron chi connectivity index (χ2n) is 10.7. The summed E-state index contributed by atoms with van der Waals surface area (Å²) >= 11 is 0. The molecule has 3 fully saturated rings. The number of carbonyl (C=O) groups is 1. The number of aliphatic hydroxyl groups excluding tert-OH is 1. The van der Waals surface area contributed by atoms with Gasteiger partial charge in [0.2, 0.25) is 5.91 Å². The van der Waals surface area contributed by atoms with Crippen molar-refractivity contribution in [2.75, 3.05) is 13.1 Å². The van der Waals surface area contributed by atoms with Crippen molar-refractivity contribution < 1.29 is 20.1 Å². The number of piperidine rings is 1. The Morgan fingerprint density at radius 1 is 1.32 bits per heavy atom. The molecule has 0 radical (unpaired) electrons. The van der Waals surface area contributed by atoms with Gasteiger partial charge in [-0.3, -0.25) is 9.69 Å². The van der Waals surface area contributed by atoms with Gasteiger partial charge < -0.3 is 20.6 Å². The van der Waals surface area contributed by atoms with Gasteiger partial charge in [-0.25, -0.2) is 0 Å². The number of phenolic OH excluding ortho intramolecular Hbond substituents is 1. The summed E-state index contributed by atoms with van der Waals surface area (Å²) in [4.78, 5) is 15.1. The fourth-order valence-corrected chi connectivity index (χ4v) is 6.59. The summed E-state index contributed by atoms with van der Waals surface area (Å²) in [5.74, 6) is 0.760. The number of aromatic hydroxyl groups is 1. The van der Waals surface area contributed by atoms with E-state index in [2.05, 4.69) is 10.2 Å². The normalized spacial score (nSPS) is 38.1. The van der Waals surface area contributed by atoms with Crippen LogP contribution in [0.1, 0.15) is 63.5 Å². The van der Waals surface area contributed by atoms with Crippen LogP contribution in [0.2, 0.25) is 0 Å². The molecule has 0 spiro atoms. The Balaban J connectivity index is 1.53. The predicted octanol–water partition coefficient (Wildman–Crippen LogP) is 2.09. The highest BCUT2D eigenvalue weighted by molar-refractivity contribution is 5.78. The quantitative estimate of drug-likeness (QED) is 0.576.